The Kier molecular flexibility index (Phi) is 4.36. The molecule has 0 aliphatic heterocycles. The summed E-state index contributed by atoms with van der Waals surface area (Å²) in [7, 11) is 2.89. The van der Waals surface area contributed by atoms with E-state index in [1.807, 2.05) is 0 Å². The Balaban J connectivity index is 2.44. The Hall–Kier alpha value is -2.96. The van der Waals surface area contributed by atoms with E-state index in [9.17, 15) is 19.3 Å². The van der Waals surface area contributed by atoms with Crippen molar-refractivity contribution in [2.24, 2.45) is 0 Å². The number of nitrogens with zero attached hydrogens (tertiary/aromatic N) is 1. The molecule has 0 saturated heterocycles. The summed E-state index contributed by atoms with van der Waals surface area (Å²) in [6.45, 7) is 0. The second-order valence-corrected chi connectivity index (χ2v) is 4.32. The van der Waals surface area contributed by atoms with Crippen molar-refractivity contribution in [3.05, 3.63) is 63.5 Å². The highest BCUT2D eigenvalue weighted by Crippen LogP contribution is 2.29. The van der Waals surface area contributed by atoms with Gasteiger partial charge in [0.1, 0.15) is 0 Å². The van der Waals surface area contributed by atoms with Gasteiger partial charge in [0, 0.05) is 17.2 Å². The van der Waals surface area contributed by atoms with Gasteiger partial charge in [-0.1, -0.05) is 0 Å². The van der Waals surface area contributed by atoms with E-state index in [0.29, 0.717) is 11.5 Å². The topological polar surface area (TPSA) is 78.7 Å². The Morgan fingerprint density at radius 3 is 2.23 bits per heavy atom. The van der Waals surface area contributed by atoms with Crippen LogP contribution in [0.2, 0.25) is 0 Å². The SMILES string of the molecule is COc1ccc(C(=O)c2ccc(F)c([N+](=O)[O-])c2)cc1OC. The molecular formula is C15H12FNO5. The number of benzene rings is 2. The third kappa shape index (κ3) is 2.88. The third-order valence-electron chi connectivity index (χ3n) is 3.05. The lowest BCUT2D eigenvalue weighted by molar-refractivity contribution is -0.387. The summed E-state index contributed by atoms with van der Waals surface area (Å²) in [5, 5.41) is 10.7. The molecule has 114 valence electrons. The van der Waals surface area contributed by atoms with Crippen LogP contribution >= 0.6 is 0 Å². The highest BCUT2D eigenvalue weighted by atomic mass is 19.1. The second kappa shape index (κ2) is 6.21. The van der Waals surface area contributed by atoms with E-state index >= 15 is 0 Å². The lowest BCUT2D eigenvalue weighted by Gasteiger charge is -2.09. The van der Waals surface area contributed by atoms with Crippen molar-refractivity contribution in [1.29, 1.82) is 0 Å². The lowest BCUT2D eigenvalue weighted by Crippen LogP contribution is -2.04. The average Bonchev–Trinajstić information content (AvgIpc) is 2.53. The molecule has 0 heterocycles. The molecule has 0 radical (unpaired) electrons. The number of carbonyl (C=O) groups is 1. The maximum Gasteiger partial charge on any atom is 0.305 e. The van der Waals surface area contributed by atoms with E-state index < -0.39 is 22.2 Å². The molecule has 0 unspecified atom stereocenters. The minimum atomic E-state index is -0.992. The summed E-state index contributed by atoms with van der Waals surface area (Å²) < 4.78 is 23.5. The van der Waals surface area contributed by atoms with Crippen LogP contribution in [-0.2, 0) is 0 Å². The minimum Gasteiger partial charge on any atom is -0.493 e. The van der Waals surface area contributed by atoms with Crippen LogP contribution in [0.1, 0.15) is 15.9 Å². The van der Waals surface area contributed by atoms with Crippen LogP contribution in [0.3, 0.4) is 0 Å². The number of ketones is 1. The van der Waals surface area contributed by atoms with Crippen molar-refractivity contribution in [3.8, 4) is 11.5 Å². The van der Waals surface area contributed by atoms with Gasteiger partial charge in [-0.3, -0.25) is 14.9 Å². The summed E-state index contributed by atoms with van der Waals surface area (Å²) in [5.74, 6) is -0.674. The largest absolute Gasteiger partial charge is 0.493 e. The molecule has 22 heavy (non-hydrogen) atoms. The van der Waals surface area contributed by atoms with Gasteiger partial charge < -0.3 is 9.47 Å². The standard InChI is InChI=1S/C15H12FNO5/c1-21-13-6-4-10(8-14(13)22-2)15(18)9-3-5-11(16)12(7-9)17(19)20/h3-8H,1-2H3. The van der Waals surface area contributed by atoms with Crippen LogP contribution < -0.4 is 9.47 Å². The number of nitro benzene ring substituents is 1. The quantitative estimate of drug-likeness (QED) is 0.482. The zero-order valence-corrected chi connectivity index (χ0v) is 11.8. The fourth-order valence-electron chi connectivity index (χ4n) is 1.94. The Bertz CT molecular complexity index is 745. The molecule has 0 atom stereocenters. The molecule has 2 rings (SSSR count). The first kappa shape index (κ1) is 15.4. The molecule has 2 aromatic rings. The number of nitro groups is 1. The molecule has 6 nitrogen and oxygen atoms in total. The molecule has 0 N–H and O–H groups in total. The monoisotopic (exact) mass is 305 g/mol. The zero-order chi connectivity index (χ0) is 16.3. The molecule has 0 fully saturated rings. The maximum absolute atomic E-state index is 13.3. The highest BCUT2D eigenvalue weighted by molar-refractivity contribution is 6.09. The van der Waals surface area contributed by atoms with Gasteiger partial charge in [0.2, 0.25) is 5.82 Å². The van der Waals surface area contributed by atoms with Crippen LogP contribution in [0.4, 0.5) is 10.1 Å². The van der Waals surface area contributed by atoms with E-state index in [-0.39, 0.29) is 11.1 Å². The van der Waals surface area contributed by atoms with Gasteiger partial charge in [-0.2, -0.15) is 4.39 Å². The number of ether oxygens (including phenoxy) is 2. The van der Waals surface area contributed by atoms with Gasteiger partial charge in [0.25, 0.3) is 0 Å². The van der Waals surface area contributed by atoms with Crippen molar-refractivity contribution in [3.63, 3.8) is 0 Å². The van der Waals surface area contributed by atoms with Crippen LogP contribution in [-0.4, -0.2) is 24.9 Å². The summed E-state index contributed by atoms with van der Waals surface area (Å²) >= 11 is 0. The first-order valence-corrected chi connectivity index (χ1v) is 6.18. The van der Waals surface area contributed by atoms with Crippen molar-refractivity contribution in [2.75, 3.05) is 14.2 Å². The molecule has 0 bridgehead atoms. The average molecular weight is 305 g/mol. The Morgan fingerprint density at radius 2 is 1.64 bits per heavy atom. The van der Waals surface area contributed by atoms with E-state index in [4.69, 9.17) is 9.47 Å². The number of rotatable bonds is 5. The predicted molar refractivity (Wildman–Crippen MR) is 76.0 cm³/mol. The number of halogens is 1. The van der Waals surface area contributed by atoms with Gasteiger partial charge in [-0.25, -0.2) is 0 Å². The summed E-state index contributed by atoms with van der Waals surface area (Å²) in [6.07, 6.45) is 0. The molecule has 0 aromatic heterocycles. The first-order chi connectivity index (χ1) is 10.5. The highest BCUT2D eigenvalue weighted by Gasteiger charge is 2.19. The van der Waals surface area contributed by atoms with Crippen molar-refractivity contribution < 1.29 is 23.6 Å². The van der Waals surface area contributed by atoms with Gasteiger partial charge in [0.05, 0.1) is 19.1 Å². The zero-order valence-electron chi connectivity index (χ0n) is 11.8. The summed E-state index contributed by atoms with van der Waals surface area (Å²) in [6, 6.07) is 7.50. The van der Waals surface area contributed by atoms with Gasteiger partial charge in [0.15, 0.2) is 17.3 Å². The van der Waals surface area contributed by atoms with E-state index in [0.717, 1.165) is 12.1 Å². The molecule has 7 heteroatoms. The van der Waals surface area contributed by atoms with E-state index in [1.54, 1.807) is 6.07 Å². The van der Waals surface area contributed by atoms with Crippen LogP contribution in [0.25, 0.3) is 0 Å². The van der Waals surface area contributed by atoms with Crippen molar-refractivity contribution >= 4 is 11.5 Å². The summed E-state index contributed by atoms with van der Waals surface area (Å²) in [4.78, 5) is 22.2. The van der Waals surface area contributed by atoms with Crippen molar-refractivity contribution in [1.82, 2.24) is 0 Å². The van der Waals surface area contributed by atoms with Crippen LogP contribution in [0.5, 0.6) is 11.5 Å². The van der Waals surface area contributed by atoms with Crippen LogP contribution in [0, 0.1) is 15.9 Å². The number of hydrogen-bond donors (Lipinski definition) is 0. The Labute approximate surface area is 125 Å². The number of carbonyl (C=O) groups excluding carboxylic acids is 1. The third-order valence-corrected chi connectivity index (χ3v) is 3.05. The number of methoxy groups -OCH3 is 2. The molecular weight excluding hydrogens is 293 g/mol. The molecule has 0 spiro atoms. The predicted octanol–water partition coefficient (Wildman–Crippen LogP) is 2.98. The van der Waals surface area contributed by atoms with Gasteiger partial charge >= 0.3 is 5.69 Å². The van der Waals surface area contributed by atoms with E-state index in [2.05, 4.69) is 0 Å². The van der Waals surface area contributed by atoms with Crippen LogP contribution in [0.15, 0.2) is 36.4 Å². The fraction of sp³-hybridized carbons (Fsp3) is 0.133. The van der Waals surface area contributed by atoms with Crippen molar-refractivity contribution in [2.45, 2.75) is 0 Å². The molecule has 0 amide bonds. The van der Waals surface area contributed by atoms with E-state index in [1.165, 1.54) is 32.4 Å². The lowest BCUT2D eigenvalue weighted by atomic mass is 10.0. The first-order valence-electron chi connectivity index (χ1n) is 6.18. The second-order valence-electron chi connectivity index (χ2n) is 4.32. The summed E-state index contributed by atoms with van der Waals surface area (Å²) in [5.41, 5.74) is -0.481. The molecule has 0 aliphatic rings. The minimum absolute atomic E-state index is 0.0142. The Morgan fingerprint density at radius 1 is 1.05 bits per heavy atom. The number of hydrogen-bond acceptors (Lipinski definition) is 5. The normalized spacial score (nSPS) is 10.1. The van der Waals surface area contributed by atoms with Gasteiger partial charge in [-0.15, -0.1) is 0 Å². The molecule has 0 aliphatic carbocycles. The molecule has 0 saturated carbocycles. The smallest absolute Gasteiger partial charge is 0.305 e. The molecule has 2 aromatic carbocycles. The maximum atomic E-state index is 13.3. The van der Waals surface area contributed by atoms with Gasteiger partial charge in [-0.05, 0) is 30.3 Å². The fourth-order valence-corrected chi connectivity index (χ4v) is 1.94.